The summed E-state index contributed by atoms with van der Waals surface area (Å²) in [5.41, 5.74) is 0. The van der Waals surface area contributed by atoms with E-state index in [4.69, 9.17) is 16.3 Å². The van der Waals surface area contributed by atoms with Crippen LogP contribution < -0.4 is 4.74 Å². The Balaban J connectivity index is 2.38. The number of hydrogen-bond donors (Lipinski definition) is 1. The minimum absolute atomic E-state index is 0.231. The minimum Gasteiger partial charge on any atom is -0.491 e. The monoisotopic (exact) mass is 224 g/mol. The number of halogens is 1. The van der Waals surface area contributed by atoms with E-state index in [0.29, 0.717) is 17.2 Å². The van der Waals surface area contributed by atoms with E-state index < -0.39 is 6.10 Å². The smallest absolute Gasteiger partial charge is 0.120 e. The molecular weight excluding hydrogens is 212 g/mol. The van der Waals surface area contributed by atoms with Gasteiger partial charge in [-0.05, 0) is 25.1 Å². The van der Waals surface area contributed by atoms with Gasteiger partial charge in [0, 0.05) is 11.4 Å². The van der Waals surface area contributed by atoms with Crippen LogP contribution in [0.25, 0.3) is 0 Å². The topological polar surface area (TPSA) is 29.5 Å². The first-order valence-corrected chi connectivity index (χ1v) is 5.06. The fourth-order valence-electron chi connectivity index (χ4n) is 1.03. The van der Waals surface area contributed by atoms with E-state index in [9.17, 15) is 5.11 Å². The molecule has 0 saturated carbocycles. The van der Waals surface area contributed by atoms with Gasteiger partial charge in [0.25, 0.3) is 0 Å². The third-order valence-electron chi connectivity index (χ3n) is 1.75. The molecule has 15 heavy (non-hydrogen) atoms. The van der Waals surface area contributed by atoms with E-state index in [1.807, 2.05) is 0 Å². The van der Waals surface area contributed by atoms with Crippen LogP contribution in [0.3, 0.4) is 0 Å². The van der Waals surface area contributed by atoms with Gasteiger partial charge in [0.1, 0.15) is 12.4 Å². The fraction of sp³-hybridized carbons (Fsp3) is 0.333. The van der Waals surface area contributed by atoms with Gasteiger partial charge in [0.15, 0.2) is 0 Å². The molecule has 1 aromatic rings. The molecule has 0 saturated heterocycles. The van der Waals surface area contributed by atoms with Gasteiger partial charge in [-0.25, -0.2) is 0 Å². The molecule has 0 aliphatic carbocycles. The van der Waals surface area contributed by atoms with Crippen molar-refractivity contribution in [3.63, 3.8) is 0 Å². The maximum atomic E-state index is 9.45. The Hall–Kier alpha value is -1.17. The second-order valence-corrected chi connectivity index (χ2v) is 3.49. The molecule has 0 spiro atoms. The summed E-state index contributed by atoms with van der Waals surface area (Å²) in [7, 11) is 0. The van der Waals surface area contributed by atoms with Crippen LogP contribution in [-0.2, 0) is 0 Å². The van der Waals surface area contributed by atoms with Crippen LogP contribution in [0.4, 0.5) is 0 Å². The second-order valence-electron chi connectivity index (χ2n) is 3.05. The summed E-state index contributed by atoms with van der Waals surface area (Å²) in [5.74, 6) is 6.17. The summed E-state index contributed by atoms with van der Waals surface area (Å²) in [6.07, 6.45) is -0.131. The number of aliphatic hydroxyl groups is 1. The van der Waals surface area contributed by atoms with Crippen LogP contribution in [0.15, 0.2) is 24.3 Å². The Kier molecular flexibility index (Phi) is 5.03. The summed E-state index contributed by atoms with van der Waals surface area (Å²) in [4.78, 5) is 0. The zero-order valence-electron chi connectivity index (χ0n) is 8.53. The predicted molar refractivity (Wildman–Crippen MR) is 61.0 cm³/mol. The number of hydrogen-bond acceptors (Lipinski definition) is 2. The molecule has 0 amide bonds. The summed E-state index contributed by atoms with van der Waals surface area (Å²) < 4.78 is 5.34. The molecule has 0 aliphatic heterocycles. The quantitative estimate of drug-likeness (QED) is 0.797. The first-order valence-electron chi connectivity index (χ1n) is 4.68. The molecule has 1 rings (SSSR count). The van der Waals surface area contributed by atoms with Crippen molar-refractivity contribution in [3.8, 4) is 17.6 Å². The molecule has 0 aromatic heterocycles. The standard InChI is InChI=1S/C12H13ClO2/c1-2-3-6-11(14)9-15-12-7-4-5-10(13)8-12/h4-5,7-8,11,14H,6,9H2,1H3. The molecule has 0 heterocycles. The van der Waals surface area contributed by atoms with Crippen molar-refractivity contribution in [2.24, 2.45) is 0 Å². The maximum absolute atomic E-state index is 9.45. The highest BCUT2D eigenvalue weighted by Gasteiger charge is 2.03. The van der Waals surface area contributed by atoms with Crippen LogP contribution >= 0.6 is 11.6 Å². The SMILES string of the molecule is CC#CCC(O)COc1cccc(Cl)c1. The highest BCUT2D eigenvalue weighted by Crippen LogP contribution is 2.17. The van der Waals surface area contributed by atoms with Crippen molar-refractivity contribution in [1.29, 1.82) is 0 Å². The molecule has 1 N–H and O–H groups in total. The van der Waals surface area contributed by atoms with E-state index in [-0.39, 0.29) is 6.61 Å². The maximum Gasteiger partial charge on any atom is 0.120 e. The van der Waals surface area contributed by atoms with Crippen LogP contribution in [0.5, 0.6) is 5.75 Å². The minimum atomic E-state index is -0.559. The number of ether oxygens (including phenoxy) is 1. The summed E-state index contributed by atoms with van der Waals surface area (Å²) >= 11 is 5.78. The highest BCUT2D eigenvalue weighted by molar-refractivity contribution is 6.30. The molecule has 3 heteroatoms. The molecule has 80 valence electrons. The highest BCUT2D eigenvalue weighted by atomic mass is 35.5. The predicted octanol–water partition coefficient (Wildman–Crippen LogP) is 2.49. The van der Waals surface area contributed by atoms with E-state index in [2.05, 4.69) is 11.8 Å². The van der Waals surface area contributed by atoms with Crippen LogP contribution in [0, 0.1) is 11.8 Å². The zero-order valence-corrected chi connectivity index (χ0v) is 9.29. The lowest BCUT2D eigenvalue weighted by atomic mass is 10.3. The lowest BCUT2D eigenvalue weighted by Crippen LogP contribution is -2.16. The number of rotatable bonds is 4. The second kappa shape index (κ2) is 6.34. The van der Waals surface area contributed by atoms with Crippen LogP contribution in [-0.4, -0.2) is 17.8 Å². The van der Waals surface area contributed by atoms with Gasteiger partial charge in [0.2, 0.25) is 0 Å². The molecule has 1 aromatic carbocycles. The third-order valence-corrected chi connectivity index (χ3v) is 1.99. The molecule has 1 unspecified atom stereocenters. The lowest BCUT2D eigenvalue weighted by molar-refractivity contribution is 0.111. The van der Waals surface area contributed by atoms with Gasteiger partial charge < -0.3 is 9.84 Å². The Labute approximate surface area is 94.8 Å². The molecule has 1 atom stereocenters. The summed E-state index contributed by atoms with van der Waals surface area (Å²) in [5, 5.41) is 10.1. The average molecular weight is 225 g/mol. The normalized spacial score (nSPS) is 11.4. The van der Waals surface area contributed by atoms with E-state index >= 15 is 0 Å². The van der Waals surface area contributed by atoms with E-state index in [1.165, 1.54) is 0 Å². The number of aliphatic hydroxyl groups excluding tert-OH is 1. The molecule has 0 fully saturated rings. The van der Waals surface area contributed by atoms with Crippen molar-refractivity contribution >= 4 is 11.6 Å². The van der Waals surface area contributed by atoms with Gasteiger partial charge in [-0.15, -0.1) is 11.8 Å². The van der Waals surface area contributed by atoms with Crippen molar-refractivity contribution in [1.82, 2.24) is 0 Å². The summed E-state index contributed by atoms with van der Waals surface area (Å²) in [6.45, 7) is 1.97. The van der Waals surface area contributed by atoms with Gasteiger partial charge in [0.05, 0.1) is 6.10 Å². The Morgan fingerprint density at radius 3 is 3.00 bits per heavy atom. The van der Waals surface area contributed by atoms with Gasteiger partial charge >= 0.3 is 0 Å². The van der Waals surface area contributed by atoms with E-state index in [1.54, 1.807) is 31.2 Å². The van der Waals surface area contributed by atoms with Crippen molar-refractivity contribution in [3.05, 3.63) is 29.3 Å². The van der Waals surface area contributed by atoms with E-state index in [0.717, 1.165) is 0 Å². The molecule has 2 nitrogen and oxygen atoms in total. The third kappa shape index (κ3) is 4.73. The molecular formula is C12H13ClO2. The zero-order chi connectivity index (χ0) is 11.1. The first kappa shape index (κ1) is 11.9. The lowest BCUT2D eigenvalue weighted by Gasteiger charge is -2.09. The van der Waals surface area contributed by atoms with Gasteiger partial charge in [-0.2, -0.15) is 0 Å². The van der Waals surface area contributed by atoms with Gasteiger partial charge in [-0.3, -0.25) is 0 Å². The summed E-state index contributed by atoms with van der Waals surface area (Å²) in [6, 6.07) is 7.08. The Morgan fingerprint density at radius 1 is 1.53 bits per heavy atom. The van der Waals surface area contributed by atoms with Crippen molar-refractivity contribution < 1.29 is 9.84 Å². The molecule has 0 radical (unpaired) electrons. The number of benzene rings is 1. The first-order chi connectivity index (χ1) is 7.22. The molecule has 0 bridgehead atoms. The largest absolute Gasteiger partial charge is 0.491 e. The fourth-order valence-corrected chi connectivity index (χ4v) is 1.21. The van der Waals surface area contributed by atoms with Crippen LogP contribution in [0.2, 0.25) is 5.02 Å². The van der Waals surface area contributed by atoms with Crippen molar-refractivity contribution in [2.45, 2.75) is 19.4 Å². The average Bonchev–Trinajstić information content (AvgIpc) is 2.23. The van der Waals surface area contributed by atoms with Crippen molar-refractivity contribution in [2.75, 3.05) is 6.61 Å². The Morgan fingerprint density at radius 2 is 2.33 bits per heavy atom. The van der Waals surface area contributed by atoms with Crippen LogP contribution in [0.1, 0.15) is 13.3 Å². The van der Waals surface area contributed by atoms with Gasteiger partial charge in [-0.1, -0.05) is 17.7 Å². The Bertz CT molecular complexity index is 365. The molecule has 0 aliphatic rings.